The number of nitrogens with zero attached hydrogens (tertiary/aromatic N) is 1. The summed E-state index contributed by atoms with van der Waals surface area (Å²) in [5.74, 6) is 0. The monoisotopic (exact) mass is 303 g/mol. The van der Waals surface area contributed by atoms with Crippen LogP contribution < -0.4 is 10.9 Å². The quantitative estimate of drug-likeness (QED) is 0.770. The van der Waals surface area contributed by atoms with Gasteiger partial charge in [0.2, 0.25) is 0 Å². The van der Waals surface area contributed by atoms with Crippen molar-refractivity contribution in [1.82, 2.24) is 15.3 Å². The molecule has 0 spiro atoms. The molecule has 0 aliphatic carbocycles. The van der Waals surface area contributed by atoms with Gasteiger partial charge in [0.05, 0.1) is 0 Å². The molecule has 1 atom stereocenters. The van der Waals surface area contributed by atoms with Gasteiger partial charge >= 0.3 is 0 Å². The Morgan fingerprint density at radius 3 is 2.62 bits per heavy atom. The Hall–Kier alpha value is -1.59. The molecule has 0 bridgehead atoms. The first-order valence-electron chi connectivity index (χ1n) is 7.29. The summed E-state index contributed by atoms with van der Waals surface area (Å²) in [7, 11) is 0. The minimum Gasteiger partial charge on any atom is -0.310 e. The molecular formula is C16H21N3OS. The fraction of sp³-hybridized carbons (Fsp3) is 0.375. The van der Waals surface area contributed by atoms with Crippen LogP contribution in [0.5, 0.6) is 0 Å². The fourth-order valence-corrected chi connectivity index (χ4v) is 2.86. The molecule has 0 saturated heterocycles. The molecule has 0 aliphatic rings. The van der Waals surface area contributed by atoms with Gasteiger partial charge in [-0.25, -0.2) is 4.98 Å². The highest BCUT2D eigenvalue weighted by Gasteiger charge is 2.08. The normalized spacial score (nSPS) is 12.3. The molecule has 2 rings (SSSR count). The van der Waals surface area contributed by atoms with E-state index in [0.717, 1.165) is 24.3 Å². The highest BCUT2D eigenvalue weighted by atomic mass is 32.2. The Labute approximate surface area is 129 Å². The molecule has 0 aliphatic heterocycles. The lowest BCUT2D eigenvalue weighted by molar-refractivity contribution is 0.518. The van der Waals surface area contributed by atoms with E-state index in [0.29, 0.717) is 11.2 Å². The van der Waals surface area contributed by atoms with Crippen LogP contribution in [0.4, 0.5) is 0 Å². The maximum atomic E-state index is 11.2. The summed E-state index contributed by atoms with van der Waals surface area (Å²) in [4.78, 5) is 19.2. The predicted molar refractivity (Wildman–Crippen MR) is 86.7 cm³/mol. The van der Waals surface area contributed by atoms with Crippen molar-refractivity contribution >= 4 is 11.8 Å². The third-order valence-electron chi connectivity index (χ3n) is 3.19. The summed E-state index contributed by atoms with van der Waals surface area (Å²) in [5, 5.41) is 4.16. The summed E-state index contributed by atoms with van der Waals surface area (Å²) >= 11 is 1.46. The molecule has 1 heterocycles. The Bertz CT molecular complexity index is 609. The van der Waals surface area contributed by atoms with Gasteiger partial charge in [0.25, 0.3) is 5.56 Å². The summed E-state index contributed by atoms with van der Waals surface area (Å²) in [6.07, 6.45) is 3.73. The van der Waals surface area contributed by atoms with Crippen LogP contribution >= 0.6 is 11.8 Å². The second-order valence-electron chi connectivity index (χ2n) is 4.83. The highest BCUT2D eigenvalue weighted by Crippen LogP contribution is 2.26. The maximum Gasteiger partial charge on any atom is 0.251 e. The molecule has 0 fully saturated rings. The van der Waals surface area contributed by atoms with Crippen molar-refractivity contribution in [2.24, 2.45) is 0 Å². The van der Waals surface area contributed by atoms with E-state index in [2.05, 4.69) is 53.4 Å². The van der Waals surface area contributed by atoms with E-state index in [1.165, 1.54) is 29.6 Å². The average Bonchev–Trinajstić information content (AvgIpc) is 2.49. The summed E-state index contributed by atoms with van der Waals surface area (Å²) < 4.78 is 0. The zero-order valence-corrected chi connectivity index (χ0v) is 13.2. The molecule has 2 N–H and O–H groups in total. The Kier molecular flexibility index (Phi) is 6.02. The number of nitrogens with one attached hydrogen (secondary N) is 2. The van der Waals surface area contributed by atoms with Gasteiger partial charge in [0.15, 0.2) is 5.16 Å². The maximum absolute atomic E-state index is 11.2. The lowest BCUT2D eigenvalue weighted by atomic mass is 10.0. The molecule has 1 aromatic carbocycles. The van der Waals surface area contributed by atoms with Crippen LogP contribution in [0.2, 0.25) is 0 Å². The van der Waals surface area contributed by atoms with Crippen molar-refractivity contribution in [3.05, 3.63) is 52.4 Å². The van der Waals surface area contributed by atoms with Crippen molar-refractivity contribution in [1.29, 1.82) is 0 Å². The number of H-pyrrole nitrogens is 1. The molecule has 112 valence electrons. The average molecular weight is 303 g/mol. The summed E-state index contributed by atoms with van der Waals surface area (Å²) in [6, 6.07) is 10.2. The van der Waals surface area contributed by atoms with Crippen molar-refractivity contribution < 1.29 is 0 Å². The highest BCUT2D eigenvalue weighted by molar-refractivity contribution is 7.99. The van der Waals surface area contributed by atoms with Gasteiger partial charge in [-0.3, -0.25) is 4.79 Å². The third kappa shape index (κ3) is 4.72. The smallest absolute Gasteiger partial charge is 0.251 e. The topological polar surface area (TPSA) is 57.8 Å². The van der Waals surface area contributed by atoms with Gasteiger partial charge in [-0.05, 0) is 37.1 Å². The van der Waals surface area contributed by atoms with Gasteiger partial charge in [-0.2, -0.15) is 0 Å². The summed E-state index contributed by atoms with van der Waals surface area (Å²) in [5.41, 5.74) is 1.17. The van der Waals surface area contributed by atoms with E-state index in [1.807, 2.05) is 0 Å². The molecule has 0 amide bonds. The SMILES string of the molecule is CCCNC(CC)c1ccc(Sc2nccc(=O)[nH]2)cc1. The Morgan fingerprint density at radius 1 is 1.24 bits per heavy atom. The van der Waals surface area contributed by atoms with Gasteiger partial charge in [0.1, 0.15) is 0 Å². The van der Waals surface area contributed by atoms with E-state index in [4.69, 9.17) is 0 Å². The van der Waals surface area contributed by atoms with Gasteiger partial charge < -0.3 is 10.3 Å². The van der Waals surface area contributed by atoms with Crippen LogP contribution in [0.3, 0.4) is 0 Å². The Morgan fingerprint density at radius 2 is 2.00 bits per heavy atom. The first-order chi connectivity index (χ1) is 10.2. The number of aromatic nitrogens is 2. The molecule has 1 aromatic heterocycles. The van der Waals surface area contributed by atoms with Crippen molar-refractivity contribution in [3.8, 4) is 0 Å². The number of aromatic amines is 1. The van der Waals surface area contributed by atoms with Gasteiger partial charge in [-0.15, -0.1) is 0 Å². The molecular weight excluding hydrogens is 282 g/mol. The summed E-state index contributed by atoms with van der Waals surface area (Å²) in [6.45, 7) is 5.39. The van der Waals surface area contributed by atoms with Crippen LogP contribution in [0.15, 0.2) is 51.4 Å². The zero-order chi connectivity index (χ0) is 15.1. The van der Waals surface area contributed by atoms with E-state index in [-0.39, 0.29) is 5.56 Å². The zero-order valence-electron chi connectivity index (χ0n) is 12.4. The lowest BCUT2D eigenvalue weighted by Gasteiger charge is -2.17. The molecule has 2 aromatic rings. The van der Waals surface area contributed by atoms with Crippen LogP contribution in [-0.2, 0) is 0 Å². The number of hydrogen-bond acceptors (Lipinski definition) is 4. The molecule has 21 heavy (non-hydrogen) atoms. The standard InChI is InChI=1S/C16H21N3OS/c1-3-10-17-14(4-2)12-5-7-13(8-6-12)21-16-18-11-9-15(20)19-16/h5-9,11,14,17H,3-4,10H2,1-2H3,(H,18,19,20). The molecule has 4 nitrogen and oxygen atoms in total. The van der Waals surface area contributed by atoms with Crippen LogP contribution in [0.25, 0.3) is 0 Å². The number of rotatable bonds is 7. The van der Waals surface area contributed by atoms with Crippen LogP contribution in [0, 0.1) is 0 Å². The van der Waals surface area contributed by atoms with E-state index < -0.39 is 0 Å². The second kappa shape index (κ2) is 8.00. The fourth-order valence-electron chi connectivity index (χ4n) is 2.10. The minimum atomic E-state index is -0.126. The van der Waals surface area contributed by atoms with Crippen LogP contribution in [0.1, 0.15) is 38.3 Å². The first-order valence-corrected chi connectivity index (χ1v) is 8.11. The molecule has 0 radical (unpaired) electrons. The van der Waals surface area contributed by atoms with Gasteiger partial charge in [0, 0.05) is 23.2 Å². The number of benzene rings is 1. The predicted octanol–water partition coefficient (Wildman–Crippen LogP) is 3.37. The van der Waals surface area contributed by atoms with Crippen LogP contribution in [-0.4, -0.2) is 16.5 Å². The van der Waals surface area contributed by atoms with E-state index in [9.17, 15) is 4.79 Å². The molecule has 1 unspecified atom stereocenters. The van der Waals surface area contributed by atoms with E-state index >= 15 is 0 Å². The lowest BCUT2D eigenvalue weighted by Crippen LogP contribution is -2.21. The van der Waals surface area contributed by atoms with Crippen molar-refractivity contribution in [2.45, 2.75) is 42.8 Å². The van der Waals surface area contributed by atoms with Crippen molar-refractivity contribution in [2.75, 3.05) is 6.54 Å². The largest absolute Gasteiger partial charge is 0.310 e. The second-order valence-corrected chi connectivity index (χ2v) is 5.89. The van der Waals surface area contributed by atoms with E-state index in [1.54, 1.807) is 0 Å². The third-order valence-corrected chi connectivity index (χ3v) is 4.10. The first kappa shape index (κ1) is 15.8. The molecule has 0 saturated carbocycles. The Balaban J connectivity index is 2.06. The molecule has 5 heteroatoms. The van der Waals surface area contributed by atoms with Gasteiger partial charge in [-0.1, -0.05) is 37.7 Å². The minimum absolute atomic E-state index is 0.126. The number of hydrogen-bond donors (Lipinski definition) is 2. The van der Waals surface area contributed by atoms with Crippen molar-refractivity contribution in [3.63, 3.8) is 0 Å².